The molecule has 61 valence electrons. The third-order valence-corrected chi connectivity index (χ3v) is 1.94. The molecule has 10 heavy (non-hydrogen) atoms. The molecular formula is C9H20N. The van der Waals surface area contributed by atoms with Crippen LogP contribution in [0.3, 0.4) is 0 Å². The van der Waals surface area contributed by atoms with E-state index < -0.39 is 0 Å². The van der Waals surface area contributed by atoms with Crippen molar-refractivity contribution >= 4 is 0 Å². The zero-order chi connectivity index (χ0) is 7.82. The van der Waals surface area contributed by atoms with Crippen LogP contribution in [0, 0.1) is 5.92 Å². The van der Waals surface area contributed by atoms with Crippen LogP contribution in [0.15, 0.2) is 0 Å². The molecule has 1 unspecified atom stereocenters. The lowest BCUT2D eigenvalue weighted by atomic mass is 10.0. The predicted molar refractivity (Wildman–Crippen MR) is 45.9 cm³/mol. The van der Waals surface area contributed by atoms with E-state index in [1.165, 1.54) is 25.7 Å². The Morgan fingerprint density at radius 3 is 2.40 bits per heavy atom. The lowest BCUT2D eigenvalue weighted by molar-refractivity contribution is 0.468. The zero-order valence-corrected chi connectivity index (χ0v) is 7.32. The van der Waals surface area contributed by atoms with E-state index in [0.717, 1.165) is 12.3 Å². The van der Waals surface area contributed by atoms with Crippen molar-refractivity contribution in [2.45, 2.75) is 46.0 Å². The van der Waals surface area contributed by atoms with Gasteiger partial charge in [0.2, 0.25) is 0 Å². The molecule has 0 aromatic carbocycles. The maximum Gasteiger partial charge on any atom is 0.0102 e. The van der Waals surface area contributed by atoms with Crippen LogP contribution in [0.25, 0.3) is 0 Å². The van der Waals surface area contributed by atoms with Crippen molar-refractivity contribution in [3.05, 3.63) is 0 Å². The molecule has 0 aliphatic heterocycles. The molecule has 0 saturated carbocycles. The summed E-state index contributed by atoms with van der Waals surface area (Å²) in [6.07, 6.45) is 6.45. The molecule has 0 aromatic heterocycles. The third-order valence-electron chi connectivity index (χ3n) is 1.94. The van der Waals surface area contributed by atoms with E-state index in [0.29, 0.717) is 6.54 Å². The minimum Gasteiger partial charge on any atom is -0.258 e. The summed E-state index contributed by atoms with van der Waals surface area (Å²) >= 11 is 0. The number of rotatable bonds is 6. The maximum absolute atomic E-state index is 7.01. The van der Waals surface area contributed by atoms with Crippen molar-refractivity contribution < 1.29 is 0 Å². The van der Waals surface area contributed by atoms with Crippen LogP contribution < -0.4 is 5.73 Å². The molecule has 0 spiro atoms. The fourth-order valence-electron chi connectivity index (χ4n) is 1.13. The maximum atomic E-state index is 7.01. The van der Waals surface area contributed by atoms with Gasteiger partial charge in [-0.15, -0.1) is 0 Å². The van der Waals surface area contributed by atoms with E-state index in [9.17, 15) is 0 Å². The predicted octanol–water partition coefficient (Wildman–Crippen LogP) is 2.88. The number of hydrogen-bond donors (Lipinski definition) is 0. The first kappa shape index (κ1) is 9.96. The fraction of sp³-hybridized carbons (Fsp3) is 1.00. The Kier molecular flexibility index (Phi) is 7.04. The molecule has 0 amide bonds. The van der Waals surface area contributed by atoms with Gasteiger partial charge in [0.05, 0.1) is 0 Å². The molecule has 0 aliphatic rings. The summed E-state index contributed by atoms with van der Waals surface area (Å²) in [5, 5.41) is 0. The number of nitrogens with one attached hydrogen (secondary N) is 1. The summed E-state index contributed by atoms with van der Waals surface area (Å²) in [6.45, 7) is 5.09. The fourth-order valence-corrected chi connectivity index (χ4v) is 1.13. The van der Waals surface area contributed by atoms with Crippen LogP contribution in [0.5, 0.6) is 0 Å². The summed E-state index contributed by atoms with van der Waals surface area (Å²) in [6, 6.07) is 0. The molecule has 0 rings (SSSR count). The first-order valence-corrected chi connectivity index (χ1v) is 4.45. The quantitative estimate of drug-likeness (QED) is 0.509. The van der Waals surface area contributed by atoms with E-state index in [1.807, 2.05) is 0 Å². The van der Waals surface area contributed by atoms with Crippen LogP contribution in [0.2, 0.25) is 0 Å². The van der Waals surface area contributed by atoms with Gasteiger partial charge in [-0.05, 0) is 12.3 Å². The Morgan fingerprint density at radius 2 is 1.90 bits per heavy atom. The minimum atomic E-state index is 0.604. The highest BCUT2D eigenvalue weighted by molar-refractivity contribution is 4.53. The Morgan fingerprint density at radius 1 is 1.20 bits per heavy atom. The Bertz CT molecular complexity index is 61.7. The van der Waals surface area contributed by atoms with E-state index >= 15 is 0 Å². The molecule has 1 N–H and O–H groups in total. The van der Waals surface area contributed by atoms with Crippen molar-refractivity contribution in [2.24, 2.45) is 5.92 Å². The van der Waals surface area contributed by atoms with Crippen LogP contribution in [-0.2, 0) is 0 Å². The van der Waals surface area contributed by atoms with Crippen molar-refractivity contribution in [3.63, 3.8) is 0 Å². The number of hydrogen-bond acceptors (Lipinski definition) is 0. The van der Waals surface area contributed by atoms with E-state index in [2.05, 4.69) is 13.8 Å². The molecule has 1 atom stereocenters. The normalized spacial score (nSPS) is 13.5. The molecule has 0 aromatic rings. The van der Waals surface area contributed by atoms with Gasteiger partial charge >= 0.3 is 0 Å². The van der Waals surface area contributed by atoms with Crippen LogP contribution in [0.1, 0.15) is 46.0 Å². The van der Waals surface area contributed by atoms with Gasteiger partial charge in [0.15, 0.2) is 0 Å². The summed E-state index contributed by atoms with van der Waals surface area (Å²) in [5.41, 5.74) is 7.01. The highest BCUT2D eigenvalue weighted by atomic mass is 14.5. The largest absolute Gasteiger partial charge is 0.258 e. The van der Waals surface area contributed by atoms with Crippen LogP contribution in [-0.4, -0.2) is 6.54 Å². The molecule has 0 saturated heterocycles. The van der Waals surface area contributed by atoms with E-state index in [-0.39, 0.29) is 0 Å². The Hall–Kier alpha value is -0.0400. The lowest BCUT2D eigenvalue weighted by Gasteiger charge is -2.07. The van der Waals surface area contributed by atoms with Gasteiger partial charge < -0.3 is 0 Å². The molecule has 0 bridgehead atoms. The molecule has 0 aliphatic carbocycles. The average molecular weight is 142 g/mol. The van der Waals surface area contributed by atoms with E-state index in [1.54, 1.807) is 0 Å². The van der Waals surface area contributed by atoms with Crippen molar-refractivity contribution in [2.75, 3.05) is 6.54 Å². The first-order valence-electron chi connectivity index (χ1n) is 4.45. The highest BCUT2D eigenvalue weighted by Gasteiger charge is 1.98. The molecule has 1 nitrogen and oxygen atoms in total. The average Bonchev–Trinajstić information content (AvgIpc) is 1.89. The second-order valence-corrected chi connectivity index (χ2v) is 3.14. The van der Waals surface area contributed by atoms with Gasteiger partial charge in [0.1, 0.15) is 0 Å². The van der Waals surface area contributed by atoms with Gasteiger partial charge in [-0.25, -0.2) is 0 Å². The van der Waals surface area contributed by atoms with E-state index in [4.69, 9.17) is 5.73 Å². The van der Waals surface area contributed by atoms with Crippen LogP contribution in [0.4, 0.5) is 0 Å². The molecule has 0 fully saturated rings. The van der Waals surface area contributed by atoms with Gasteiger partial charge in [-0.3, -0.25) is 5.73 Å². The van der Waals surface area contributed by atoms with Gasteiger partial charge in [-0.1, -0.05) is 39.5 Å². The summed E-state index contributed by atoms with van der Waals surface area (Å²) in [4.78, 5) is 0. The van der Waals surface area contributed by atoms with Crippen molar-refractivity contribution in [3.8, 4) is 0 Å². The van der Waals surface area contributed by atoms with Gasteiger partial charge in [0, 0.05) is 6.54 Å². The zero-order valence-electron chi connectivity index (χ0n) is 7.32. The lowest BCUT2D eigenvalue weighted by Crippen LogP contribution is -1.98. The monoisotopic (exact) mass is 142 g/mol. The Balaban J connectivity index is 2.97. The minimum absolute atomic E-state index is 0.604. The van der Waals surface area contributed by atoms with Crippen LogP contribution >= 0.6 is 0 Å². The third kappa shape index (κ3) is 6.09. The van der Waals surface area contributed by atoms with Crippen molar-refractivity contribution in [1.29, 1.82) is 0 Å². The standard InChI is InChI=1S/C9H20N/c1-3-4-5-6-9(2)7-8-10/h9-10H,3-8H2,1-2H3. The Labute approximate surface area is 65.0 Å². The smallest absolute Gasteiger partial charge is 0.0102 e. The highest BCUT2D eigenvalue weighted by Crippen LogP contribution is 2.11. The first-order chi connectivity index (χ1) is 4.81. The SMILES string of the molecule is CCCCCC(C)CC[NH]. The van der Waals surface area contributed by atoms with Crippen molar-refractivity contribution in [1.82, 2.24) is 5.73 Å². The summed E-state index contributed by atoms with van der Waals surface area (Å²) in [5.74, 6) is 0.782. The number of unbranched alkanes of at least 4 members (excludes halogenated alkanes) is 2. The van der Waals surface area contributed by atoms with Gasteiger partial charge in [0.25, 0.3) is 0 Å². The molecule has 1 radical (unpaired) electrons. The molecule has 0 heterocycles. The summed E-state index contributed by atoms with van der Waals surface area (Å²) < 4.78 is 0. The molecular weight excluding hydrogens is 122 g/mol. The molecule has 1 heteroatoms. The second-order valence-electron chi connectivity index (χ2n) is 3.14. The summed E-state index contributed by atoms with van der Waals surface area (Å²) in [7, 11) is 0. The van der Waals surface area contributed by atoms with Gasteiger partial charge in [-0.2, -0.15) is 0 Å². The topological polar surface area (TPSA) is 23.8 Å². The second kappa shape index (κ2) is 7.07.